The number of benzene rings is 1. The van der Waals surface area contributed by atoms with Gasteiger partial charge in [0.05, 0.1) is 5.69 Å². The number of ether oxygens (including phenoxy) is 2. The van der Waals surface area contributed by atoms with Gasteiger partial charge in [-0.1, -0.05) is 11.3 Å². The number of carbonyl (C=O) groups is 1. The first kappa shape index (κ1) is 17.2. The van der Waals surface area contributed by atoms with Crippen molar-refractivity contribution in [3.8, 4) is 17.2 Å². The quantitative estimate of drug-likeness (QED) is 0.820. The van der Waals surface area contributed by atoms with E-state index >= 15 is 0 Å². The Hall–Kier alpha value is -2.26. The Morgan fingerprint density at radius 3 is 2.73 bits per heavy atom. The molecule has 3 heterocycles. The number of fused-ring (bicyclic) bond motifs is 1. The molecule has 0 N–H and O–H groups in total. The molecule has 1 aromatic carbocycles. The second-order valence-electron chi connectivity index (χ2n) is 6.26. The fourth-order valence-corrected chi connectivity index (χ4v) is 4.18. The van der Waals surface area contributed by atoms with Gasteiger partial charge in [0, 0.05) is 30.6 Å². The largest absolute Gasteiger partial charge is 0.586 e. The molecule has 26 heavy (non-hydrogen) atoms. The number of alkyl halides is 2. The fraction of sp³-hybridized carbons (Fsp3) is 0.412. The molecule has 0 atom stereocenters. The van der Waals surface area contributed by atoms with E-state index in [9.17, 15) is 13.6 Å². The third kappa shape index (κ3) is 3.49. The molecule has 1 fully saturated rings. The highest BCUT2D eigenvalue weighted by molar-refractivity contribution is 7.09. The molecule has 0 radical (unpaired) electrons. The topological polar surface area (TPSA) is 56.1 Å². The zero-order valence-electron chi connectivity index (χ0n) is 14.1. The lowest BCUT2D eigenvalue weighted by atomic mass is 10.3. The van der Waals surface area contributed by atoms with Crippen LogP contribution in [0.1, 0.15) is 24.6 Å². The molecular weight excluding hydrogens is 364 g/mol. The van der Waals surface area contributed by atoms with E-state index in [1.807, 2.05) is 6.20 Å². The number of carbonyl (C=O) groups excluding carboxylic acids is 1. The van der Waals surface area contributed by atoms with Crippen molar-refractivity contribution < 1.29 is 23.0 Å². The molecule has 0 bridgehead atoms. The van der Waals surface area contributed by atoms with Crippen molar-refractivity contribution in [1.29, 1.82) is 0 Å². The summed E-state index contributed by atoms with van der Waals surface area (Å²) in [7, 11) is 0. The number of nitrogens with zero attached hydrogens (tertiary/aromatic N) is 3. The van der Waals surface area contributed by atoms with Gasteiger partial charge in [0.1, 0.15) is 0 Å². The molecule has 0 spiro atoms. The Bertz CT molecular complexity index is 916. The van der Waals surface area contributed by atoms with Gasteiger partial charge in [-0.2, -0.15) is 4.99 Å². The van der Waals surface area contributed by atoms with E-state index in [1.165, 1.54) is 43.2 Å². The molecule has 1 saturated heterocycles. The van der Waals surface area contributed by atoms with Crippen LogP contribution in [0.5, 0.6) is 11.5 Å². The monoisotopic (exact) mass is 381 g/mol. The number of likely N-dealkylation sites (tertiary alicyclic amines) is 1. The van der Waals surface area contributed by atoms with E-state index < -0.39 is 6.29 Å². The molecule has 2 aromatic rings. The Morgan fingerprint density at radius 2 is 2.00 bits per heavy atom. The molecular formula is C17H17F2N3O3S. The van der Waals surface area contributed by atoms with Crippen molar-refractivity contribution in [2.75, 3.05) is 13.1 Å². The third-order valence-corrected chi connectivity index (χ3v) is 5.16. The molecule has 0 unspecified atom stereocenters. The number of hydrogen-bond donors (Lipinski definition) is 0. The molecule has 9 heteroatoms. The van der Waals surface area contributed by atoms with Gasteiger partial charge in [0.15, 0.2) is 16.3 Å². The van der Waals surface area contributed by atoms with E-state index in [4.69, 9.17) is 0 Å². The van der Waals surface area contributed by atoms with Crippen LogP contribution in [0.4, 0.5) is 8.78 Å². The highest BCUT2D eigenvalue weighted by Gasteiger charge is 2.43. The predicted octanol–water partition coefficient (Wildman–Crippen LogP) is 2.90. The van der Waals surface area contributed by atoms with Gasteiger partial charge in [0.2, 0.25) is 5.91 Å². The molecule has 1 aromatic heterocycles. The van der Waals surface area contributed by atoms with Crippen molar-refractivity contribution in [3.05, 3.63) is 34.1 Å². The summed E-state index contributed by atoms with van der Waals surface area (Å²) in [5, 5.41) is 0. The average molecular weight is 381 g/mol. The van der Waals surface area contributed by atoms with Crippen LogP contribution in [0, 0.1) is 0 Å². The number of hydrogen-bond acceptors (Lipinski definition) is 5. The number of halogens is 2. The van der Waals surface area contributed by atoms with Crippen LogP contribution in [0.3, 0.4) is 0 Å². The lowest BCUT2D eigenvalue weighted by molar-refractivity contribution is -0.286. The second kappa shape index (κ2) is 6.48. The summed E-state index contributed by atoms with van der Waals surface area (Å²) in [4.78, 5) is 19.4. The number of rotatable bonds is 3. The van der Waals surface area contributed by atoms with Crippen molar-refractivity contribution in [3.63, 3.8) is 0 Å². The smallest absolute Gasteiger partial charge is 0.395 e. The molecule has 4 rings (SSSR count). The summed E-state index contributed by atoms with van der Waals surface area (Å²) in [5.41, 5.74) is 0.578. The van der Waals surface area contributed by atoms with Crippen molar-refractivity contribution in [1.82, 2.24) is 9.47 Å². The number of amides is 1. The van der Waals surface area contributed by atoms with Crippen LogP contribution in [0.25, 0.3) is 5.69 Å². The van der Waals surface area contributed by atoms with Crippen LogP contribution >= 0.6 is 11.3 Å². The Labute approximate surface area is 152 Å². The lowest BCUT2D eigenvalue weighted by Crippen LogP contribution is -2.25. The maximum atomic E-state index is 13.2. The summed E-state index contributed by atoms with van der Waals surface area (Å²) in [6, 6.07) is 4.52. The molecule has 0 aliphatic carbocycles. The molecule has 6 nitrogen and oxygen atoms in total. The summed E-state index contributed by atoms with van der Waals surface area (Å²) in [6.07, 6.45) is 0.604. The predicted molar refractivity (Wildman–Crippen MR) is 90.6 cm³/mol. The van der Waals surface area contributed by atoms with Gasteiger partial charge >= 0.3 is 6.29 Å². The second-order valence-corrected chi connectivity index (χ2v) is 7.36. The van der Waals surface area contributed by atoms with E-state index in [0.29, 0.717) is 10.5 Å². The first-order valence-corrected chi connectivity index (χ1v) is 9.10. The van der Waals surface area contributed by atoms with Gasteiger partial charge in [-0.3, -0.25) is 14.3 Å². The summed E-state index contributed by atoms with van der Waals surface area (Å²) in [5.74, 6) is -0.376. The van der Waals surface area contributed by atoms with Crippen molar-refractivity contribution in [2.45, 2.75) is 32.6 Å². The van der Waals surface area contributed by atoms with Crippen LogP contribution in [-0.4, -0.2) is 34.8 Å². The van der Waals surface area contributed by atoms with Crippen LogP contribution in [0.15, 0.2) is 29.4 Å². The molecule has 2 aliphatic heterocycles. The molecule has 0 saturated carbocycles. The molecule has 1 amide bonds. The fourth-order valence-electron chi connectivity index (χ4n) is 3.11. The van der Waals surface area contributed by atoms with Gasteiger partial charge in [-0.05, 0) is 38.1 Å². The van der Waals surface area contributed by atoms with Gasteiger partial charge in [-0.25, -0.2) is 0 Å². The maximum Gasteiger partial charge on any atom is 0.586 e. The highest BCUT2D eigenvalue weighted by atomic mass is 32.1. The van der Waals surface area contributed by atoms with E-state index in [2.05, 4.69) is 19.4 Å². The maximum absolute atomic E-state index is 13.2. The lowest BCUT2D eigenvalue weighted by Gasteiger charge is -2.12. The van der Waals surface area contributed by atoms with Crippen LogP contribution in [-0.2, 0) is 11.3 Å². The van der Waals surface area contributed by atoms with E-state index in [-0.39, 0.29) is 17.4 Å². The minimum absolute atomic E-state index is 0.0167. The molecule has 138 valence electrons. The zero-order chi connectivity index (χ0) is 18.3. The summed E-state index contributed by atoms with van der Waals surface area (Å²) >= 11 is 1.42. The summed E-state index contributed by atoms with van der Waals surface area (Å²) in [6.45, 7) is 4.26. The minimum Gasteiger partial charge on any atom is -0.395 e. The summed E-state index contributed by atoms with van der Waals surface area (Å²) < 4.78 is 37.1. The van der Waals surface area contributed by atoms with E-state index in [1.54, 1.807) is 10.6 Å². The zero-order valence-corrected chi connectivity index (χ0v) is 14.9. The van der Waals surface area contributed by atoms with E-state index in [0.717, 1.165) is 24.5 Å². The Kier molecular flexibility index (Phi) is 4.28. The van der Waals surface area contributed by atoms with Gasteiger partial charge in [0.25, 0.3) is 0 Å². The number of aromatic nitrogens is 1. The normalized spacial score (nSPS) is 19.3. The van der Waals surface area contributed by atoms with Crippen LogP contribution < -0.4 is 14.3 Å². The SMILES string of the molecule is CC(=O)N=c1sc(CN2CCCC2)cn1-c1ccc2c(c1)OC(F)(F)O2. The minimum atomic E-state index is -3.66. The number of thiazole rings is 1. The van der Waals surface area contributed by atoms with Crippen molar-refractivity contribution in [2.24, 2.45) is 4.99 Å². The first-order chi connectivity index (χ1) is 12.4. The standard InChI is InChI=1S/C17H17F2N3O3S/c1-11(23)20-16-22(10-13(26-16)9-21-6-2-3-7-21)12-4-5-14-15(8-12)25-17(18,19)24-14/h4-5,8,10H,2-3,6-7,9H2,1H3. The van der Waals surface area contributed by atoms with Gasteiger partial charge < -0.3 is 9.47 Å². The highest BCUT2D eigenvalue weighted by Crippen LogP contribution is 2.41. The Morgan fingerprint density at radius 1 is 1.27 bits per heavy atom. The molecule has 2 aliphatic rings. The first-order valence-electron chi connectivity index (χ1n) is 8.29. The Balaban J connectivity index is 1.71. The van der Waals surface area contributed by atoms with Crippen LogP contribution in [0.2, 0.25) is 0 Å². The third-order valence-electron chi connectivity index (χ3n) is 4.20. The van der Waals surface area contributed by atoms with Gasteiger partial charge in [-0.15, -0.1) is 8.78 Å². The van der Waals surface area contributed by atoms with Crippen molar-refractivity contribution >= 4 is 17.2 Å². The average Bonchev–Trinajstić information content (AvgIpc) is 3.24.